The van der Waals surface area contributed by atoms with Crippen LogP contribution in [-0.4, -0.2) is 128 Å². The van der Waals surface area contributed by atoms with E-state index in [1.165, 1.54) is 12.1 Å². The van der Waals surface area contributed by atoms with Crippen LogP contribution in [0, 0.1) is 0 Å². The SMILES string of the molecule is CN1c2c(nc(N)[nH]c2=O)NC[C@H]1CNc1ccc(C(=O)NC(CCC(=O)O)C(=O)O)cc1.N[C@H]1C(O)O[C@H](CO)[C@@H](O)[C@@H]1O. The number of aliphatic hydroxyl groups excluding tert-OH is 4. The molecule has 248 valence electrons. The number of carboxylic acids is 2. The molecule has 2 aromatic rings. The normalized spacial score (nSPS) is 24.6. The third-order valence-corrected chi connectivity index (χ3v) is 7.21. The van der Waals surface area contributed by atoms with Gasteiger partial charge < -0.3 is 67.7 Å². The summed E-state index contributed by atoms with van der Waals surface area (Å²) in [4.78, 5) is 54.9. The quantitative estimate of drug-likeness (QED) is 0.120. The van der Waals surface area contributed by atoms with Crippen molar-refractivity contribution >= 4 is 41.0 Å². The van der Waals surface area contributed by atoms with Crippen molar-refractivity contribution in [3.05, 3.63) is 40.2 Å². The second-order valence-corrected chi connectivity index (χ2v) is 10.4. The summed E-state index contributed by atoms with van der Waals surface area (Å²) in [6.07, 6.45) is -5.44. The molecule has 0 aliphatic carbocycles. The van der Waals surface area contributed by atoms with E-state index in [9.17, 15) is 34.5 Å². The number of nitrogen functional groups attached to an aromatic ring is 1. The highest BCUT2D eigenvalue weighted by Gasteiger charge is 2.41. The van der Waals surface area contributed by atoms with E-state index in [1.807, 2.05) is 4.90 Å². The molecule has 2 aliphatic rings. The maximum Gasteiger partial charge on any atom is 0.326 e. The monoisotopic (exact) mass is 638 g/mol. The third kappa shape index (κ3) is 9.00. The van der Waals surface area contributed by atoms with Crippen molar-refractivity contribution in [1.29, 1.82) is 0 Å². The Bertz CT molecular complexity index is 1390. The fourth-order valence-corrected chi connectivity index (χ4v) is 4.54. The zero-order valence-corrected chi connectivity index (χ0v) is 24.2. The number of likely N-dealkylation sites (N-methyl/N-ethyl adjacent to an activating group) is 1. The first-order valence-corrected chi connectivity index (χ1v) is 13.7. The molecule has 1 aromatic carbocycles. The summed E-state index contributed by atoms with van der Waals surface area (Å²) in [7, 11) is 1.79. The summed E-state index contributed by atoms with van der Waals surface area (Å²) >= 11 is 0. The Morgan fingerprint density at radius 1 is 1.16 bits per heavy atom. The predicted octanol–water partition coefficient (Wildman–Crippen LogP) is -3.51. The number of benzene rings is 1. The van der Waals surface area contributed by atoms with Crippen LogP contribution in [0.4, 0.5) is 23.1 Å². The van der Waals surface area contributed by atoms with Gasteiger partial charge in [-0.05, 0) is 30.7 Å². The summed E-state index contributed by atoms with van der Waals surface area (Å²) in [5, 5.41) is 62.6. The number of anilines is 4. The largest absolute Gasteiger partial charge is 0.481 e. The number of rotatable bonds is 10. The van der Waals surface area contributed by atoms with Gasteiger partial charge in [-0.25, -0.2) is 4.79 Å². The molecule has 0 bridgehead atoms. The van der Waals surface area contributed by atoms with Crippen LogP contribution < -0.4 is 37.9 Å². The third-order valence-electron chi connectivity index (χ3n) is 7.21. The van der Waals surface area contributed by atoms with E-state index in [0.717, 1.165) is 5.69 Å². The van der Waals surface area contributed by atoms with E-state index in [1.54, 1.807) is 19.2 Å². The van der Waals surface area contributed by atoms with Crippen LogP contribution in [-0.2, 0) is 14.3 Å². The van der Waals surface area contributed by atoms with Crippen molar-refractivity contribution < 1.29 is 49.8 Å². The molecule has 0 radical (unpaired) electrons. The molecule has 1 amide bonds. The number of hydrogen-bond donors (Lipinski definition) is 12. The molecule has 1 saturated heterocycles. The van der Waals surface area contributed by atoms with Crippen molar-refractivity contribution in [2.75, 3.05) is 48.0 Å². The average molecular weight is 639 g/mol. The molecule has 14 N–H and O–H groups in total. The van der Waals surface area contributed by atoms with Gasteiger partial charge in [0, 0.05) is 37.8 Å². The molecule has 4 rings (SSSR count). The summed E-state index contributed by atoms with van der Waals surface area (Å²) in [5.41, 5.74) is 11.9. The van der Waals surface area contributed by atoms with Gasteiger partial charge in [-0.1, -0.05) is 0 Å². The number of nitrogens with zero attached hydrogens (tertiary/aromatic N) is 2. The summed E-state index contributed by atoms with van der Waals surface area (Å²) in [5.74, 6) is -2.59. The first-order valence-electron chi connectivity index (χ1n) is 13.7. The van der Waals surface area contributed by atoms with Gasteiger partial charge in [0.1, 0.15) is 30.0 Å². The van der Waals surface area contributed by atoms with E-state index < -0.39 is 61.1 Å². The number of fused-ring (bicyclic) bond motifs is 1. The van der Waals surface area contributed by atoms with E-state index in [2.05, 4.69) is 25.9 Å². The lowest BCUT2D eigenvalue weighted by atomic mass is 9.98. The minimum Gasteiger partial charge on any atom is -0.481 e. The first kappa shape index (κ1) is 35.0. The Morgan fingerprint density at radius 3 is 2.42 bits per heavy atom. The van der Waals surface area contributed by atoms with Crippen LogP contribution in [0.5, 0.6) is 0 Å². The van der Waals surface area contributed by atoms with E-state index >= 15 is 0 Å². The maximum absolute atomic E-state index is 12.3. The van der Waals surface area contributed by atoms with E-state index in [0.29, 0.717) is 24.6 Å². The zero-order valence-electron chi connectivity index (χ0n) is 24.2. The Labute approximate surface area is 255 Å². The highest BCUT2D eigenvalue weighted by Crippen LogP contribution is 2.25. The summed E-state index contributed by atoms with van der Waals surface area (Å²) in [6, 6.07) is 3.99. The number of aromatic nitrogens is 2. The number of aromatic amines is 1. The molecule has 19 nitrogen and oxygen atoms in total. The molecule has 1 fully saturated rings. The van der Waals surface area contributed by atoms with Gasteiger partial charge in [-0.2, -0.15) is 4.98 Å². The number of ether oxygens (including phenoxy) is 1. The average Bonchev–Trinajstić information content (AvgIpc) is 2.99. The van der Waals surface area contributed by atoms with Crippen molar-refractivity contribution in [2.24, 2.45) is 5.73 Å². The number of nitrogens with one attached hydrogen (secondary N) is 4. The fraction of sp³-hybridized carbons (Fsp3) is 0.500. The van der Waals surface area contributed by atoms with Gasteiger partial charge in [-0.15, -0.1) is 0 Å². The van der Waals surface area contributed by atoms with Gasteiger partial charge in [0.15, 0.2) is 12.1 Å². The van der Waals surface area contributed by atoms with Crippen molar-refractivity contribution in [2.45, 2.75) is 55.6 Å². The number of H-pyrrole nitrogens is 1. The van der Waals surface area contributed by atoms with Crippen LogP contribution >= 0.6 is 0 Å². The van der Waals surface area contributed by atoms with Gasteiger partial charge in [0.05, 0.1) is 18.7 Å². The van der Waals surface area contributed by atoms with Gasteiger partial charge in [0.2, 0.25) is 5.95 Å². The molecular formula is C26H38N8O11. The first-order chi connectivity index (χ1) is 21.2. The number of aliphatic carboxylic acids is 2. The minimum atomic E-state index is -1.35. The van der Waals surface area contributed by atoms with Gasteiger partial charge in [-0.3, -0.25) is 19.4 Å². The standard InChI is InChI=1S/C20H25N7O6.C6H13NO5/c1-27-12(9-23-16-15(27)18(31)26-20(21)25-16)8-22-11-4-2-10(3-5-11)17(30)24-13(19(32)33)6-7-14(28)29;7-3-5(10)4(9)2(1-8)12-6(3)11/h2-5,12-13,22H,6-9H2,1H3,(H,24,30)(H,28,29)(H,32,33)(H4,21,23,25,26,31);2-6,8-11H,1,7H2/t12-,13?;2-,3-,4-,5-,6?/m11/s1. The lowest BCUT2D eigenvalue weighted by molar-refractivity contribution is -0.248. The van der Waals surface area contributed by atoms with E-state index in [-0.39, 0.29) is 36.0 Å². The number of carboxylic acid groups (broad SMARTS) is 2. The molecule has 0 saturated carbocycles. The van der Waals surface area contributed by atoms with Crippen LogP contribution in [0.2, 0.25) is 0 Å². The second kappa shape index (κ2) is 15.5. The van der Waals surface area contributed by atoms with E-state index in [4.69, 9.17) is 31.5 Å². The molecule has 2 unspecified atom stereocenters. The summed E-state index contributed by atoms with van der Waals surface area (Å²) in [6.45, 7) is 0.538. The Balaban J connectivity index is 0.000000385. The number of aliphatic hydroxyl groups is 4. The Morgan fingerprint density at radius 2 is 1.82 bits per heavy atom. The van der Waals surface area contributed by atoms with Gasteiger partial charge >= 0.3 is 11.9 Å². The number of nitrogens with two attached hydrogens (primary N) is 2. The fourth-order valence-electron chi connectivity index (χ4n) is 4.54. The van der Waals surface area contributed by atoms with Crippen molar-refractivity contribution in [3.63, 3.8) is 0 Å². The number of carbonyl (C=O) groups is 3. The van der Waals surface area contributed by atoms with Crippen LogP contribution in [0.3, 0.4) is 0 Å². The summed E-state index contributed by atoms with van der Waals surface area (Å²) < 4.78 is 4.70. The molecule has 45 heavy (non-hydrogen) atoms. The lowest BCUT2D eigenvalue weighted by Gasteiger charge is -2.38. The van der Waals surface area contributed by atoms with Crippen molar-refractivity contribution in [1.82, 2.24) is 15.3 Å². The molecule has 2 aliphatic heterocycles. The number of carbonyl (C=O) groups excluding carboxylic acids is 1. The Kier molecular flexibility index (Phi) is 12.0. The predicted molar refractivity (Wildman–Crippen MR) is 159 cm³/mol. The lowest BCUT2D eigenvalue weighted by Crippen LogP contribution is -2.61. The number of amides is 1. The molecule has 1 aromatic heterocycles. The molecule has 3 heterocycles. The van der Waals surface area contributed by atoms with Gasteiger partial charge in [0.25, 0.3) is 11.5 Å². The molecular weight excluding hydrogens is 600 g/mol. The van der Waals surface area contributed by atoms with Crippen LogP contribution in [0.25, 0.3) is 0 Å². The highest BCUT2D eigenvalue weighted by atomic mass is 16.6. The number of hydrogen-bond acceptors (Lipinski definition) is 15. The maximum atomic E-state index is 12.3. The topological polar surface area (TPSA) is 319 Å². The smallest absolute Gasteiger partial charge is 0.326 e. The molecule has 0 spiro atoms. The highest BCUT2D eigenvalue weighted by molar-refractivity contribution is 5.97. The minimum absolute atomic E-state index is 0.0388. The van der Waals surface area contributed by atoms with Crippen LogP contribution in [0.1, 0.15) is 23.2 Å². The Hall–Kier alpha value is -4.53. The zero-order chi connectivity index (χ0) is 33.4. The molecule has 7 atom stereocenters. The van der Waals surface area contributed by atoms with Crippen LogP contribution in [0.15, 0.2) is 29.1 Å². The second-order valence-electron chi connectivity index (χ2n) is 10.4. The molecule has 19 heteroatoms. The van der Waals surface area contributed by atoms with Crippen molar-refractivity contribution in [3.8, 4) is 0 Å².